The van der Waals surface area contributed by atoms with Crippen LogP contribution < -0.4 is 4.74 Å². The van der Waals surface area contributed by atoms with Gasteiger partial charge in [0, 0.05) is 47.0 Å². The molecule has 0 N–H and O–H groups in total. The molecule has 0 saturated carbocycles. The maximum absolute atomic E-state index is 11.4. The number of hydrogen-bond acceptors (Lipinski definition) is 7. The molecular formula is C33H33N5O3. The lowest BCUT2D eigenvalue weighted by Gasteiger charge is -2.32. The van der Waals surface area contributed by atoms with Gasteiger partial charge in [-0.25, -0.2) is 9.97 Å². The Bertz CT molecular complexity index is 1690. The molecule has 41 heavy (non-hydrogen) atoms. The van der Waals surface area contributed by atoms with Crippen molar-refractivity contribution in [1.82, 2.24) is 24.4 Å². The molecule has 0 aliphatic carbocycles. The number of likely N-dealkylation sites (tertiary alicyclic amines) is 1. The van der Waals surface area contributed by atoms with Gasteiger partial charge in [0.2, 0.25) is 5.88 Å². The first kappa shape index (κ1) is 25.8. The number of aldehydes is 1. The van der Waals surface area contributed by atoms with Crippen molar-refractivity contribution >= 4 is 28.2 Å². The molecule has 0 bridgehead atoms. The highest BCUT2D eigenvalue weighted by Gasteiger charge is 2.26. The van der Waals surface area contributed by atoms with E-state index < -0.39 is 0 Å². The summed E-state index contributed by atoms with van der Waals surface area (Å²) in [5, 5.41) is 1.11. The maximum atomic E-state index is 11.4. The van der Waals surface area contributed by atoms with Gasteiger partial charge >= 0.3 is 0 Å². The Hall–Kier alpha value is -4.14. The number of nitrogens with zero attached hydrogens (tertiary/aromatic N) is 5. The Kier molecular flexibility index (Phi) is 7.17. The first-order chi connectivity index (χ1) is 20.2. The fourth-order valence-electron chi connectivity index (χ4n) is 5.90. The molecule has 0 amide bonds. The summed E-state index contributed by atoms with van der Waals surface area (Å²) in [6.45, 7) is 4.76. The van der Waals surface area contributed by atoms with Crippen molar-refractivity contribution in [3.05, 3.63) is 95.6 Å². The van der Waals surface area contributed by atoms with Crippen molar-refractivity contribution < 1.29 is 14.3 Å². The first-order valence-corrected chi connectivity index (χ1v) is 14.4. The van der Waals surface area contributed by atoms with Crippen LogP contribution in [0.5, 0.6) is 5.88 Å². The summed E-state index contributed by atoms with van der Waals surface area (Å²) < 4.78 is 14.1. The van der Waals surface area contributed by atoms with Crippen LogP contribution in [0.1, 0.15) is 52.6 Å². The standard InChI is InChI=1S/C33H33N5O3/c39-21-23-8-9-30-31(17-23)38(19-27-12-15-40-27)32(35-30)20-37-13-10-25(11-14-37)29-6-3-7-33(36-29)41-22-24-16-26-4-1-2-5-28(26)34-18-24/h1-9,16-18,21,25,27H,10-15,19-20,22H2. The second kappa shape index (κ2) is 11.4. The number of hydrogen-bond donors (Lipinski definition) is 0. The molecule has 5 aromatic rings. The average Bonchev–Trinajstić information content (AvgIpc) is 3.34. The zero-order chi connectivity index (χ0) is 27.6. The van der Waals surface area contributed by atoms with E-state index in [0.29, 0.717) is 24.0 Å². The summed E-state index contributed by atoms with van der Waals surface area (Å²) >= 11 is 0. The van der Waals surface area contributed by atoms with Gasteiger partial charge in [0.15, 0.2) is 0 Å². The minimum atomic E-state index is 0.217. The summed E-state index contributed by atoms with van der Waals surface area (Å²) in [6.07, 6.45) is 6.12. The van der Waals surface area contributed by atoms with Gasteiger partial charge in [-0.3, -0.25) is 14.7 Å². The van der Waals surface area contributed by atoms with Gasteiger partial charge < -0.3 is 14.0 Å². The fourth-order valence-corrected chi connectivity index (χ4v) is 5.90. The smallest absolute Gasteiger partial charge is 0.213 e. The third-order valence-electron chi connectivity index (χ3n) is 8.32. The molecule has 3 aromatic heterocycles. The average molecular weight is 548 g/mol. The summed E-state index contributed by atoms with van der Waals surface area (Å²) in [5.41, 5.74) is 5.72. The molecule has 2 aliphatic heterocycles. The highest BCUT2D eigenvalue weighted by molar-refractivity contribution is 5.85. The molecule has 7 rings (SSSR count). The van der Waals surface area contributed by atoms with Gasteiger partial charge in [0.1, 0.15) is 18.7 Å². The Morgan fingerprint density at radius 3 is 2.66 bits per heavy atom. The number of benzene rings is 2. The third kappa shape index (κ3) is 5.58. The number of carbonyl (C=O) groups is 1. The van der Waals surface area contributed by atoms with Crippen LogP contribution >= 0.6 is 0 Å². The molecule has 8 nitrogen and oxygen atoms in total. The molecule has 1 unspecified atom stereocenters. The van der Waals surface area contributed by atoms with Gasteiger partial charge in [0.05, 0.1) is 35.7 Å². The Morgan fingerprint density at radius 2 is 1.83 bits per heavy atom. The molecule has 0 spiro atoms. The highest BCUT2D eigenvalue weighted by Crippen LogP contribution is 2.30. The number of imidazole rings is 1. The van der Waals surface area contributed by atoms with E-state index in [4.69, 9.17) is 19.4 Å². The van der Waals surface area contributed by atoms with Crippen molar-refractivity contribution in [2.75, 3.05) is 19.7 Å². The third-order valence-corrected chi connectivity index (χ3v) is 8.32. The van der Waals surface area contributed by atoms with E-state index in [0.717, 1.165) is 97.4 Å². The van der Waals surface area contributed by atoms with E-state index in [9.17, 15) is 4.79 Å². The predicted molar refractivity (Wildman–Crippen MR) is 157 cm³/mol. The van der Waals surface area contributed by atoms with Crippen LogP contribution in [-0.2, 0) is 24.4 Å². The van der Waals surface area contributed by atoms with Crippen LogP contribution in [-0.4, -0.2) is 56.5 Å². The van der Waals surface area contributed by atoms with E-state index in [-0.39, 0.29) is 6.10 Å². The maximum Gasteiger partial charge on any atom is 0.213 e. The predicted octanol–water partition coefficient (Wildman–Crippen LogP) is 5.54. The second-order valence-corrected chi connectivity index (χ2v) is 11.1. The van der Waals surface area contributed by atoms with E-state index in [1.54, 1.807) is 0 Å². The number of ether oxygens (including phenoxy) is 2. The number of rotatable bonds is 9. The van der Waals surface area contributed by atoms with Crippen LogP contribution in [0, 0.1) is 0 Å². The number of fused-ring (bicyclic) bond motifs is 2. The molecule has 8 heteroatoms. The largest absolute Gasteiger partial charge is 0.473 e. The Labute approximate surface area is 239 Å². The van der Waals surface area contributed by atoms with Gasteiger partial charge in [-0.05, 0) is 68.8 Å². The summed E-state index contributed by atoms with van der Waals surface area (Å²) in [6, 6.07) is 22.1. The first-order valence-electron chi connectivity index (χ1n) is 14.4. The topological polar surface area (TPSA) is 82.4 Å². The molecule has 2 fully saturated rings. The van der Waals surface area contributed by atoms with Gasteiger partial charge in [0.25, 0.3) is 0 Å². The quantitative estimate of drug-likeness (QED) is 0.224. The minimum Gasteiger partial charge on any atom is -0.473 e. The number of aromatic nitrogens is 4. The summed E-state index contributed by atoms with van der Waals surface area (Å²) in [4.78, 5) is 28.3. The lowest BCUT2D eigenvalue weighted by Crippen LogP contribution is -2.35. The van der Waals surface area contributed by atoms with E-state index in [1.165, 1.54) is 0 Å². The van der Waals surface area contributed by atoms with Crippen molar-refractivity contribution in [2.45, 2.75) is 51.0 Å². The number of pyridine rings is 2. The van der Waals surface area contributed by atoms with Crippen LogP contribution in [0.3, 0.4) is 0 Å². The zero-order valence-electron chi connectivity index (χ0n) is 23.0. The van der Waals surface area contributed by atoms with E-state index in [1.807, 2.05) is 54.7 Å². The molecule has 2 aromatic carbocycles. The Morgan fingerprint density at radius 1 is 0.951 bits per heavy atom. The number of piperidine rings is 1. The molecule has 0 radical (unpaired) electrons. The highest BCUT2D eigenvalue weighted by atomic mass is 16.5. The molecule has 1 atom stereocenters. The minimum absolute atomic E-state index is 0.217. The molecule has 2 aliphatic rings. The van der Waals surface area contributed by atoms with Crippen molar-refractivity contribution in [1.29, 1.82) is 0 Å². The van der Waals surface area contributed by atoms with Gasteiger partial charge in [-0.1, -0.05) is 24.3 Å². The molecule has 2 saturated heterocycles. The van der Waals surface area contributed by atoms with Crippen LogP contribution in [0.2, 0.25) is 0 Å². The normalized spacial score (nSPS) is 18.0. The number of carbonyl (C=O) groups excluding carboxylic acids is 1. The van der Waals surface area contributed by atoms with Crippen LogP contribution in [0.4, 0.5) is 0 Å². The van der Waals surface area contributed by atoms with E-state index in [2.05, 4.69) is 32.7 Å². The summed E-state index contributed by atoms with van der Waals surface area (Å²) in [5.74, 6) is 2.09. The van der Waals surface area contributed by atoms with Gasteiger partial charge in [-0.15, -0.1) is 0 Å². The molecule has 5 heterocycles. The van der Waals surface area contributed by atoms with Crippen molar-refractivity contribution in [2.24, 2.45) is 0 Å². The fraction of sp³-hybridized carbons (Fsp3) is 0.333. The Balaban J connectivity index is 0.994. The molecular weight excluding hydrogens is 514 g/mol. The lowest BCUT2D eigenvalue weighted by molar-refractivity contribution is -0.0592. The zero-order valence-corrected chi connectivity index (χ0v) is 23.0. The second-order valence-electron chi connectivity index (χ2n) is 11.1. The molecule has 208 valence electrons. The monoisotopic (exact) mass is 547 g/mol. The van der Waals surface area contributed by atoms with Crippen molar-refractivity contribution in [3.8, 4) is 5.88 Å². The van der Waals surface area contributed by atoms with Crippen LogP contribution in [0.15, 0.2) is 72.9 Å². The lowest BCUT2D eigenvalue weighted by atomic mass is 9.93. The summed E-state index contributed by atoms with van der Waals surface area (Å²) in [7, 11) is 0. The van der Waals surface area contributed by atoms with Crippen LogP contribution in [0.25, 0.3) is 21.9 Å². The number of para-hydroxylation sites is 1. The van der Waals surface area contributed by atoms with Crippen molar-refractivity contribution in [3.63, 3.8) is 0 Å². The SMILES string of the molecule is O=Cc1ccc2nc(CN3CCC(c4cccc(OCc5cnc6ccccc6c5)n4)CC3)n(CC3CCO3)c2c1. The van der Waals surface area contributed by atoms with E-state index >= 15 is 0 Å². The van der Waals surface area contributed by atoms with Gasteiger partial charge in [-0.2, -0.15) is 0 Å².